The number of carbonyl (C=O) groups is 3. The molecule has 1 fully saturated rings. The molecule has 0 bridgehead atoms. The Bertz CT molecular complexity index is 1960. The number of carbonyl (C=O) groups excluding carboxylic acids is 3. The number of aliphatic hydroxyl groups excluding tert-OH is 1. The van der Waals surface area contributed by atoms with Crippen molar-refractivity contribution in [2.45, 2.75) is 154 Å². The zero-order valence-electron chi connectivity index (χ0n) is 36.3. The summed E-state index contributed by atoms with van der Waals surface area (Å²) in [6.07, 6.45) is 3.92. The fourth-order valence-corrected chi connectivity index (χ4v) is 8.19. The minimum atomic E-state index is -0.743. The molecule has 2 unspecified atom stereocenters. The normalized spacial score (nSPS) is 24.5. The Hall–Kier alpha value is -3.94. The highest BCUT2D eigenvalue weighted by atomic mass is 16.3. The molecule has 2 N–H and O–H groups in total. The molecular weight excluding hydrogens is 673 g/mol. The number of anilines is 2. The highest BCUT2D eigenvalue weighted by molar-refractivity contribution is 6.42. The van der Waals surface area contributed by atoms with Crippen LogP contribution >= 0.6 is 0 Å². The molecule has 0 radical (unpaired) electrons. The molecule has 1 aromatic carbocycles. The van der Waals surface area contributed by atoms with E-state index in [2.05, 4.69) is 84.4 Å². The number of allylic oxidation sites excluding steroid dienone is 6. The van der Waals surface area contributed by atoms with E-state index in [4.69, 9.17) is 4.99 Å². The molecule has 5 rings (SSSR count). The summed E-state index contributed by atoms with van der Waals surface area (Å²) in [4.78, 5) is 52.0. The predicted octanol–water partition coefficient (Wildman–Crippen LogP) is 9.96. The van der Waals surface area contributed by atoms with Gasteiger partial charge in [-0.3, -0.25) is 14.4 Å². The summed E-state index contributed by atoms with van der Waals surface area (Å²) in [6.45, 7) is 37.5. The van der Waals surface area contributed by atoms with Gasteiger partial charge >= 0.3 is 0 Å². The van der Waals surface area contributed by atoms with Gasteiger partial charge in [-0.15, -0.1) is 0 Å². The second kappa shape index (κ2) is 13.4. The van der Waals surface area contributed by atoms with Crippen LogP contribution in [0.1, 0.15) is 136 Å². The predicted molar refractivity (Wildman–Crippen MR) is 223 cm³/mol. The zero-order chi connectivity index (χ0) is 40.9. The minimum absolute atomic E-state index is 0.0309. The highest BCUT2D eigenvalue weighted by Gasteiger charge is 2.50. The molecule has 1 aromatic rings. The van der Waals surface area contributed by atoms with E-state index in [0.717, 1.165) is 22.5 Å². The van der Waals surface area contributed by atoms with E-state index in [9.17, 15) is 19.5 Å². The first-order valence-electron chi connectivity index (χ1n) is 20.0. The molecule has 0 saturated carbocycles. The summed E-state index contributed by atoms with van der Waals surface area (Å²) in [5, 5.41) is 15.4. The number of aliphatic imine (C=N–C) groups is 1. The van der Waals surface area contributed by atoms with Crippen molar-refractivity contribution < 1.29 is 19.5 Å². The van der Waals surface area contributed by atoms with Gasteiger partial charge in [0.05, 0.1) is 22.5 Å². The molecule has 8 heteroatoms. The van der Waals surface area contributed by atoms with E-state index in [1.165, 1.54) is 0 Å². The Kier molecular flexibility index (Phi) is 10.2. The first-order valence-corrected chi connectivity index (χ1v) is 20.0. The Morgan fingerprint density at radius 3 is 1.83 bits per heavy atom. The summed E-state index contributed by atoms with van der Waals surface area (Å²) >= 11 is 0. The van der Waals surface area contributed by atoms with Gasteiger partial charge < -0.3 is 20.2 Å². The molecule has 2 aliphatic carbocycles. The summed E-state index contributed by atoms with van der Waals surface area (Å²) in [6, 6.07) is 4.67. The van der Waals surface area contributed by atoms with Crippen molar-refractivity contribution in [1.82, 2.24) is 4.90 Å². The Labute approximate surface area is 324 Å². The second-order valence-corrected chi connectivity index (χ2v) is 19.7. The first-order chi connectivity index (χ1) is 24.6. The third-order valence-electron chi connectivity index (χ3n) is 14.2. The Balaban J connectivity index is 1.79. The average molecular weight is 739 g/mol. The number of fused-ring (bicyclic) bond motifs is 2. The highest BCUT2D eigenvalue weighted by Crippen LogP contribution is 2.54. The standard InChI is InChI=1S/C46H66N4O4/c1-23(2)43(11,12)41(53)47-33-21-35-31(45(15,16)27(9)49(35)25(5)6)19-29(33)37-39(51)38(40(37)52)30-20-32-36(50(26(7)8)28(10)46(32,17)18)22-34(30)48-42(54)44(13,14)24(3)4/h19-28,51H,1-18H3,(H,47,53)/b38-30+,48-34?. The molecule has 2 amide bonds. The van der Waals surface area contributed by atoms with Crippen LogP contribution in [0.2, 0.25) is 0 Å². The number of ketones is 1. The number of hydrogen-bond acceptors (Lipinski definition) is 6. The molecule has 294 valence electrons. The van der Waals surface area contributed by atoms with Crippen molar-refractivity contribution in [3.05, 3.63) is 63.6 Å². The maximum atomic E-state index is 14.7. The molecule has 2 atom stereocenters. The van der Waals surface area contributed by atoms with Crippen LogP contribution in [0.3, 0.4) is 0 Å². The van der Waals surface area contributed by atoms with Crippen LogP contribution in [0.4, 0.5) is 11.4 Å². The molecule has 1 saturated heterocycles. The van der Waals surface area contributed by atoms with Crippen LogP contribution < -0.4 is 10.2 Å². The smallest absolute Gasteiger partial charge is 0.252 e. The lowest BCUT2D eigenvalue weighted by molar-refractivity contribution is -0.128. The van der Waals surface area contributed by atoms with Crippen LogP contribution in [0.5, 0.6) is 0 Å². The van der Waals surface area contributed by atoms with E-state index in [1.54, 1.807) is 0 Å². The van der Waals surface area contributed by atoms with Crippen molar-refractivity contribution in [2.75, 3.05) is 10.2 Å². The number of nitrogens with zero attached hydrogens (tertiary/aromatic N) is 3. The number of aliphatic hydroxyl groups is 1. The van der Waals surface area contributed by atoms with Crippen molar-refractivity contribution in [3.63, 3.8) is 0 Å². The monoisotopic (exact) mass is 739 g/mol. The first kappa shape index (κ1) is 41.2. The van der Waals surface area contributed by atoms with Crippen LogP contribution in [-0.2, 0) is 19.8 Å². The number of hydrogen-bond donors (Lipinski definition) is 2. The quantitative estimate of drug-likeness (QED) is 0.258. The molecule has 2 heterocycles. The van der Waals surface area contributed by atoms with E-state index >= 15 is 0 Å². The van der Waals surface area contributed by atoms with Crippen LogP contribution in [0.15, 0.2) is 57.5 Å². The molecule has 4 aliphatic rings. The lowest BCUT2D eigenvalue weighted by Crippen LogP contribution is -2.42. The van der Waals surface area contributed by atoms with Gasteiger partial charge in [0.2, 0.25) is 11.7 Å². The molecule has 8 nitrogen and oxygen atoms in total. The van der Waals surface area contributed by atoms with Gasteiger partial charge in [0.25, 0.3) is 5.91 Å². The summed E-state index contributed by atoms with van der Waals surface area (Å²) in [5.41, 5.74) is 4.22. The van der Waals surface area contributed by atoms with E-state index in [1.807, 2.05) is 79.7 Å². The minimum Gasteiger partial charge on any atom is -0.506 e. The Morgan fingerprint density at radius 2 is 1.33 bits per heavy atom. The Morgan fingerprint density at radius 1 is 0.796 bits per heavy atom. The van der Waals surface area contributed by atoms with E-state index in [0.29, 0.717) is 22.5 Å². The number of Topliss-reactive ketones (excluding diaryl/α,β-unsaturated/α-hetero) is 1. The topological polar surface area (TPSA) is 102 Å². The average Bonchev–Trinajstić information content (AvgIpc) is 3.37. The third-order valence-corrected chi connectivity index (χ3v) is 14.2. The molecular formula is C46H66N4O4. The van der Waals surface area contributed by atoms with E-state index < -0.39 is 10.8 Å². The summed E-state index contributed by atoms with van der Waals surface area (Å²) in [7, 11) is 0. The molecule has 2 aliphatic heterocycles. The lowest BCUT2D eigenvalue weighted by Gasteiger charge is -2.34. The van der Waals surface area contributed by atoms with Crippen molar-refractivity contribution in [3.8, 4) is 0 Å². The number of rotatable bonds is 8. The number of amides is 2. The van der Waals surface area contributed by atoms with Gasteiger partial charge in [-0.05, 0) is 88.8 Å². The van der Waals surface area contributed by atoms with Gasteiger partial charge in [-0.1, -0.05) is 83.1 Å². The van der Waals surface area contributed by atoms with Gasteiger partial charge in [0.1, 0.15) is 5.76 Å². The summed E-state index contributed by atoms with van der Waals surface area (Å²) < 4.78 is 0. The maximum Gasteiger partial charge on any atom is 0.252 e. The fraction of sp³-hybridized carbons (Fsp3) is 0.609. The summed E-state index contributed by atoms with van der Waals surface area (Å²) in [5.74, 6) is -0.842. The molecule has 0 spiro atoms. The number of likely N-dealkylation sites (tertiary alicyclic amines) is 1. The third kappa shape index (κ3) is 6.10. The van der Waals surface area contributed by atoms with Crippen molar-refractivity contribution >= 4 is 40.3 Å². The SMILES string of the molecule is CC(C)N1C2=CC(=NC(=O)C(C)(C)C(C)C)/C(=C3/C(=O)C(c4cc5c(cc4NC(=O)C(C)(C)C(C)C)N(C(C)C)C(C)C5(C)C)=C3O)C=C2C(C)(C)C1C. The van der Waals surface area contributed by atoms with Gasteiger partial charge in [-0.2, -0.15) is 0 Å². The largest absolute Gasteiger partial charge is 0.506 e. The van der Waals surface area contributed by atoms with Crippen molar-refractivity contribution in [1.29, 1.82) is 0 Å². The van der Waals surface area contributed by atoms with Crippen LogP contribution in [0.25, 0.3) is 5.57 Å². The van der Waals surface area contributed by atoms with Gasteiger partial charge in [0.15, 0.2) is 0 Å². The van der Waals surface area contributed by atoms with E-state index in [-0.39, 0.29) is 81.3 Å². The van der Waals surface area contributed by atoms with Crippen molar-refractivity contribution in [2.24, 2.45) is 33.1 Å². The van der Waals surface area contributed by atoms with Crippen LogP contribution in [-0.4, -0.2) is 57.5 Å². The maximum absolute atomic E-state index is 14.7. The number of benzene rings is 1. The number of nitrogens with one attached hydrogen (secondary N) is 1. The van der Waals surface area contributed by atoms with Crippen LogP contribution in [0, 0.1) is 28.1 Å². The van der Waals surface area contributed by atoms with Gasteiger partial charge in [0, 0.05) is 68.3 Å². The molecule has 0 aromatic heterocycles. The van der Waals surface area contributed by atoms with Gasteiger partial charge in [-0.25, -0.2) is 4.99 Å². The second-order valence-electron chi connectivity index (χ2n) is 19.7. The molecule has 54 heavy (non-hydrogen) atoms. The zero-order valence-corrected chi connectivity index (χ0v) is 36.3. The fourth-order valence-electron chi connectivity index (χ4n) is 8.19. The lowest BCUT2D eigenvalue weighted by atomic mass is 9.73.